The lowest BCUT2D eigenvalue weighted by atomic mass is 9.89. The van der Waals surface area contributed by atoms with Gasteiger partial charge >= 0.3 is 5.97 Å². The maximum absolute atomic E-state index is 12.3. The molecule has 11 heteroatoms. The number of pyridine rings is 1. The number of hydrogen-bond donors (Lipinski definition) is 2. The van der Waals surface area contributed by atoms with Crippen molar-refractivity contribution in [2.75, 3.05) is 17.3 Å². The summed E-state index contributed by atoms with van der Waals surface area (Å²) in [4.78, 5) is 23.2. The van der Waals surface area contributed by atoms with Gasteiger partial charge in [0.2, 0.25) is 0 Å². The number of hydrogen-bond acceptors (Lipinski definition) is 9. The van der Waals surface area contributed by atoms with Gasteiger partial charge in [-0.1, -0.05) is 42.7 Å². The highest BCUT2D eigenvalue weighted by atomic mass is 32.1. The Morgan fingerprint density at radius 1 is 1.05 bits per heavy atom. The van der Waals surface area contributed by atoms with Crippen LogP contribution in [0.15, 0.2) is 48.7 Å². The molecule has 5 aromatic rings. The predicted octanol–water partition coefficient (Wildman–Crippen LogP) is 6.75. The molecule has 6 rings (SSSR count). The molecule has 0 saturated heterocycles. The smallest absolute Gasteiger partial charge is 0.355 e. The lowest BCUT2D eigenvalue weighted by Gasteiger charge is -2.22. The molecule has 0 amide bonds. The molecule has 1 aliphatic carbocycles. The van der Waals surface area contributed by atoms with Crippen molar-refractivity contribution in [3.63, 3.8) is 0 Å². The van der Waals surface area contributed by atoms with Crippen molar-refractivity contribution in [3.8, 4) is 11.1 Å². The van der Waals surface area contributed by atoms with E-state index in [0.717, 1.165) is 38.7 Å². The first-order valence-corrected chi connectivity index (χ1v) is 14.7. The summed E-state index contributed by atoms with van der Waals surface area (Å²) in [5.74, 6) is 1.14. The minimum Gasteiger partial charge on any atom is -0.476 e. The van der Waals surface area contributed by atoms with E-state index in [2.05, 4.69) is 30.6 Å². The Balaban J connectivity index is 1.23. The van der Waals surface area contributed by atoms with E-state index in [1.54, 1.807) is 35.5 Å². The van der Waals surface area contributed by atoms with Crippen LogP contribution in [0.1, 0.15) is 53.8 Å². The summed E-state index contributed by atoms with van der Waals surface area (Å²) in [6.45, 7) is 4.80. The number of para-hydroxylation sites is 1. The van der Waals surface area contributed by atoms with Gasteiger partial charge in [-0.25, -0.2) is 14.8 Å². The van der Waals surface area contributed by atoms with Crippen molar-refractivity contribution in [3.05, 3.63) is 65.6 Å². The second-order valence-electron chi connectivity index (χ2n) is 10.6. The third-order valence-electron chi connectivity index (χ3n) is 7.81. The number of aromatic nitrogens is 6. The Hall–Kier alpha value is -4.38. The van der Waals surface area contributed by atoms with Crippen LogP contribution in [0.4, 0.5) is 22.6 Å². The third kappa shape index (κ3) is 5.49. The van der Waals surface area contributed by atoms with Crippen LogP contribution in [0, 0.1) is 19.8 Å². The van der Waals surface area contributed by atoms with Crippen LogP contribution in [-0.2, 0) is 6.54 Å². The summed E-state index contributed by atoms with van der Waals surface area (Å²) < 4.78 is 3.10. The molecule has 4 heterocycles. The normalized spacial score (nSPS) is 13.9. The number of rotatable bonds is 8. The SMILES string of the molecule is Cc1cc(N(C)c2ccc(-c3cnn(CC4CCCCC4)c3C)c(C(=O)O)n2)nnc1Nc1nc2ccccc2s1. The molecule has 0 atom stereocenters. The third-order valence-corrected chi connectivity index (χ3v) is 8.76. The number of thiazole rings is 1. The molecule has 210 valence electrons. The van der Waals surface area contributed by atoms with Gasteiger partial charge in [0.25, 0.3) is 0 Å². The summed E-state index contributed by atoms with van der Waals surface area (Å²) in [6.07, 6.45) is 8.05. The zero-order valence-electron chi connectivity index (χ0n) is 23.3. The van der Waals surface area contributed by atoms with Gasteiger partial charge in [-0.05, 0) is 68.5 Å². The molecular formula is C30H32N8O2S. The van der Waals surface area contributed by atoms with E-state index in [4.69, 9.17) is 0 Å². The maximum Gasteiger partial charge on any atom is 0.355 e. The quantitative estimate of drug-likeness (QED) is 0.209. The largest absolute Gasteiger partial charge is 0.476 e. The molecule has 1 saturated carbocycles. The fraction of sp³-hybridized carbons (Fsp3) is 0.333. The molecule has 2 N–H and O–H groups in total. The molecule has 4 aromatic heterocycles. The van der Waals surface area contributed by atoms with Crippen molar-refractivity contribution < 1.29 is 9.90 Å². The fourth-order valence-electron chi connectivity index (χ4n) is 5.43. The van der Waals surface area contributed by atoms with Gasteiger partial charge in [-0.3, -0.25) is 4.68 Å². The number of fused-ring (bicyclic) bond motifs is 1. The standard InChI is InChI=1S/C30H32N8O2S/c1-18-15-26(35-36-28(18)34-30-32-23-11-7-8-12-24(23)41-30)37(3)25-14-13-21(27(33-25)29(39)40)22-16-31-38(19(22)2)17-20-9-5-4-6-10-20/h7-8,11-16,20H,4-6,9-10,17H2,1-3H3,(H,39,40)(H,32,34,36). The van der Waals surface area contributed by atoms with Crippen LogP contribution >= 0.6 is 11.3 Å². The highest BCUT2D eigenvalue weighted by molar-refractivity contribution is 7.22. The molecule has 1 aliphatic rings. The Morgan fingerprint density at radius 3 is 2.61 bits per heavy atom. The van der Waals surface area contributed by atoms with E-state index >= 15 is 0 Å². The first-order valence-electron chi connectivity index (χ1n) is 13.8. The number of carboxylic acids is 1. The van der Waals surface area contributed by atoms with Gasteiger partial charge in [0, 0.05) is 30.4 Å². The van der Waals surface area contributed by atoms with E-state index < -0.39 is 5.97 Å². The number of carbonyl (C=O) groups is 1. The van der Waals surface area contributed by atoms with E-state index in [-0.39, 0.29) is 5.69 Å². The maximum atomic E-state index is 12.3. The first-order chi connectivity index (χ1) is 19.9. The van der Waals surface area contributed by atoms with Crippen molar-refractivity contribution in [2.24, 2.45) is 5.92 Å². The van der Waals surface area contributed by atoms with Gasteiger partial charge in [-0.15, -0.1) is 10.2 Å². The molecule has 0 spiro atoms. The summed E-state index contributed by atoms with van der Waals surface area (Å²) in [7, 11) is 1.80. The minimum atomic E-state index is -1.09. The Bertz CT molecular complexity index is 1690. The van der Waals surface area contributed by atoms with Crippen LogP contribution in [0.25, 0.3) is 21.3 Å². The van der Waals surface area contributed by atoms with E-state index in [9.17, 15) is 9.90 Å². The van der Waals surface area contributed by atoms with E-state index in [0.29, 0.717) is 28.9 Å². The summed E-state index contributed by atoms with van der Waals surface area (Å²) in [6, 6.07) is 13.5. The summed E-state index contributed by atoms with van der Waals surface area (Å²) in [5.41, 5.74) is 4.09. The number of carboxylic acid groups (broad SMARTS) is 1. The van der Waals surface area contributed by atoms with Gasteiger partial charge in [-0.2, -0.15) is 5.10 Å². The molecular weight excluding hydrogens is 536 g/mol. The number of aryl methyl sites for hydroxylation is 1. The Morgan fingerprint density at radius 2 is 1.85 bits per heavy atom. The molecule has 1 aromatic carbocycles. The van der Waals surface area contributed by atoms with Crippen LogP contribution < -0.4 is 10.2 Å². The molecule has 0 unspecified atom stereocenters. The van der Waals surface area contributed by atoms with Gasteiger partial charge < -0.3 is 15.3 Å². The summed E-state index contributed by atoms with van der Waals surface area (Å²) in [5, 5.41) is 27.5. The fourth-order valence-corrected chi connectivity index (χ4v) is 6.29. The number of aromatic carboxylic acids is 1. The average molecular weight is 569 g/mol. The number of anilines is 4. The number of benzene rings is 1. The van der Waals surface area contributed by atoms with Crippen LogP contribution in [0.2, 0.25) is 0 Å². The van der Waals surface area contributed by atoms with Crippen molar-refractivity contribution in [1.82, 2.24) is 29.9 Å². The monoisotopic (exact) mass is 568 g/mol. The molecule has 10 nitrogen and oxygen atoms in total. The number of nitrogens with one attached hydrogen (secondary N) is 1. The second kappa shape index (κ2) is 11.2. The molecule has 41 heavy (non-hydrogen) atoms. The van der Waals surface area contributed by atoms with Gasteiger partial charge in [0.15, 0.2) is 22.5 Å². The first kappa shape index (κ1) is 26.8. The van der Waals surface area contributed by atoms with Gasteiger partial charge in [0.1, 0.15) is 5.82 Å². The topological polar surface area (TPSA) is 122 Å². The van der Waals surface area contributed by atoms with Crippen LogP contribution in [-0.4, -0.2) is 48.1 Å². The average Bonchev–Trinajstić information content (AvgIpc) is 3.56. The molecule has 0 bridgehead atoms. The molecule has 0 aliphatic heterocycles. The Labute approximate surface area is 242 Å². The van der Waals surface area contributed by atoms with E-state index in [1.807, 2.05) is 54.9 Å². The lowest BCUT2D eigenvalue weighted by molar-refractivity contribution is 0.0691. The zero-order valence-corrected chi connectivity index (χ0v) is 24.1. The molecule has 0 radical (unpaired) electrons. The highest BCUT2D eigenvalue weighted by Gasteiger charge is 2.22. The predicted molar refractivity (Wildman–Crippen MR) is 161 cm³/mol. The summed E-state index contributed by atoms with van der Waals surface area (Å²) >= 11 is 1.55. The second-order valence-corrected chi connectivity index (χ2v) is 11.6. The van der Waals surface area contributed by atoms with Gasteiger partial charge in [0.05, 0.1) is 16.4 Å². The lowest BCUT2D eigenvalue weighted by Crippen LogP contribution is -2.17. The Kier molecular flexibility index (Phi) is 7.36. The van der Waals surface area contributed by atoms with E-state index in [1.165, 1.54) is 32.1 Å². The van der Waals surface area contributed by atoms with Crippen LogP contribution in [0.3, 0.4) is 0 Å². The molecule has 1 fully saturated rings. The highest BCUT2D eigenvalue weighted by Crippen LogP contribution is 2.33. The van der Waals surface area contributed by atoms with Crippen molar-refractivity contribution in [2.45, 2.75) is 52.5 Å². The van der Waals surface area contributed by atoms with Crippen molar-refractivity contribution in [1.29, 1.82) is 0 Å². The minimum absolute atomic E-state index is 0.0199. The van der Waals surface area contributed by atoms with Crippen LogP contribution in [0.5, 0.6) is 0 Å². The number of nitrogens with zero attached hydrogens (tertiary/aromatic N) is 7. The zero-order chi connectivity index (χ0) is 28.5. The van der Waals surface area contributed by atoms with Crippen molar-refractivity contribution >= 4 is 50.1 Å².